The number of hydrogen-bond donors (Lipinski definition) is 2. The fraction of sp³-hybridized carbons (Fsp3) is 0.312. The molecule has 1 aromatic heterocycles. The molecule has 0 spiro atoms. The first-order chi connectivity index (χ1) is 21.6. The number of aromatic nitrogens is 2. The number of aromatic hydroxyl groups is 2. The third-order valence-electron chi connectivity index (χ3n) is 8.54. The van der Waals surface area contributed by atoms with Crippen molar-refractivity contribution in [3.63, 3.8) is 0 Å². The number of ether oxygens (including phenoxy) is 1. The maximum absolute atomic E-state index is 13.1. The van der Waals surface area contributed by atoms with E-state index < -0.39 is 15.7 Å². The number of benzene rings is 3. The smallest absolute Gasteiger partial charge is 0.309 e. The van der Waals surface area contributed by atoms with Gasteiger partial charge in [0.05, 0.1) is 36.7 Å². The molecule has 4 aromatic rings. The monoisotopic (exact) mass is 902 g/mol. The van der Waals surface area contributed by atoms with Crippen LogP contribution < -0.4 is 0 Å². The van der Waals surface area contributed by atoms with Gasteiger partial charge in [-0.25, -0.2) is 9.17 Å². The Morgan fingerprint density at radius 2 is 1.54 bits per heavy atom. The van der Waals surface area contributed by atoms with Crippen LogP contribution in [0, 0.1) is 25.7 Å². The van der Waals surface area contributed by atoms with Crippen molar-refractivity contribution in [3.8, 4) is 11.5 Å². The summed E-state index contributed by atoms with van der Waals surface area (Å²) in [6.07, 6.45) is 5.38. The van der Waals surface area contributed by atoms with Gasteiger partial charge >= 0.3 is 5.97 Å². The fourth-order valence-corrected chi connectivity index (χ4v) is 9.71. The summed E-state index contributed by atoms with van der Waals surface area (Å²) in [6.45, 7) is 6.13. The maximum atomic E-state index is 13.1. The van der Waals surface area contributed by atoms with E-state index in [1.165, 1.54) is 6.07 Å². The van der Waals surface area contributed by atoms with Crippen LogP contribution >= 0.6 is 63.7 Å². The molecule has 2 unspecified atom stereocenters. The summed E-state index contributed by atoms with van der Waals surface area (Å²) in [5, 5.41) is 20.8. The number of carbonyl (C=O) groups is 1. The normalized spacial score (nSPS) is 19.3. The van der Waals surface area contributed by atoms with Crippen LogP contribution in [0.15, 0.2) is 71.7 Å². The largest absolute Gasteiger partial charge is 0.506 e. The zero-order chi connectivity index (χ0) is 33.7. The second kappa shape index (κ2) is 13.3. The molecule has 0 bridgehead atoms. The number of fused-ring (bicyclic) bond motifs is 1. The van der Waals surface area contributed by atoms with Gasteiger partial charge in [-0.05, 0) is 131 Å². The number of phenolic OH excluding ortho intramolecular Hbond substituents is 2. The minimum absolute atomic E-state index is 0.00433. The van der Waals surface area contributed by atoms with Crippen LogP contribution in [0.2, 0.25) is 0 Å². The molecule has 0 aliphatic carbocycles. The van der Waals surface area contributed by atoms with Gasteiger partial charge < -0.3 is 19.5 Å². The molecule has 3 heterocycles. The van der Waals surface area contributed by atoms with Crippen LogP contribution in [0.25, 0.3) is 0 Å². The molecule has 2 N–H and O–H groups in total. The molecule has 3 aromatic carbocycles. The molecule has 2 aliphatic rings. The van der Waals surface area contributed by atoms with Crippen molar-refractivity contribution in [2.24, 2.45) is 18.9 Å². The van der Waals surface area contributed by atoms with Gasteiger partial charge in [0.1, 0.15) is 16.4 Å². The summed E-state index contributed by atoms with van der Waals surface area (Å²) in [6, 6.07) is 9.91. The quantitative estimate of drug-likeness (QED) is 0.153. The van der Waals surface area contributed by atoms with E-state index in [0.29, 0.717) is 58.2 Å². The van der Waals surface area contributed by atoms with Crippen molar-refractivity contribution in [3.05, 3.63) is 100 Å². The Hall–Kier alpha value is -2.23. The molecule has 0 amide bonds. The minimum Gasteiger partial charge on any atom is -0.506 e. The van der Waals surface area contributed by atoms with Crippen molar-refractivity contribution < 1.29 is 32.3 Å². The van der Waals surface area contributed by atoms with Gasteiger partial charge in [0.2, 0.25) is 0 Å². The Morgan fingerprint density at radius 3 is 2.07 bits per heavy atom. The summed E-state index contributed by atoms with van der Waals surface area (Å²) < 4.78 is 40.9. The van der Waals surface area contributed by atoms with Gasteiger partial charge in [-0.2, -0.15) is 8.42 Å². The van der Waals surface area contributed by atoms with Gasteiger partial charge in [0.15, 0.2) is 5.60 Å². The number of cyclic esters (lactones) is 1. The molecule has 2 atom stereocenters. The first-order valence-corrected chi connectivity index (χ1v) is 18.8. The predicted molar refractivity (Wildman–Crippen MR) is 186 cm³/mol. The number of esters is 1. The first kappa shape index (κ1) is 35.1. The van der Waals surface area contributed by atoms with E-state index in [2.05, 4.69) is 68.7 Å². The number of halogens is 4. The van der Waals surface area contributed by atoms with E-state index in [1.54, 1.807) is 50.5 Å². The van der Waals surface area contributed by atoms with Crippen LogP contribution in [-0.2, 0) is 42.9 Å². The Balaban J connectivity index is 0.000000232. The van der Waals surface area contributed by atoms with E-state index >= 15 is 0 Å². The molecule has 14 heteroatoms. The summed E-state index contributed by atoms with van der Waals surface area (Å²) >= 11 is 13.5. The lowest BCUT2D eigenvalue weighted by Gasteiger charge is -2.33. The second-order valence-corrected chi connectivity index (χ2v) is 16.0. The molecule has 6 rings (SSSR count). The Bertz CT molecular complexity index is 1900. The summed E-state index contributed by atoms with van der Waals surface area (Å²) in [5.74, 6) is 0.341. The number of rotatable bonds is 5. The van der Waals surface area contributed by atoms with Crippen molar-refractivity contribution in [1.82, 2.24) is 9.55 Å². The number of aryl methyl sites for hydroxylation is 1. The summed E-state index contributed by atoms with van der Waals surface area (Å²) in [7, 11) is -2.13. The Kier molecular flexibility index (Phi) is 10.2. The van der Waals surface area contributed by atoms with Crippen LogP contribution in [0.3, 0.4) is 0 Å². The zero-order valence-corrected chi connectivity index (χ0v) is 32.3. The average molecular weight is 906 g/mol. The van der Waals surface area contributed by atoms with Crippen LogP contribution in [-0.4, -0.2) is 40.8 Å². The summed E-state index contributed by atoms with van der Waals surface area (Å²) in [5.41, 5.74) is 2.29. The molecule has 2 aliphatic heterocycles. The van der Waals surface area contributed by atoms with Crippen LogP contribution in [0.4, 0.5) is 0 Å². The highest BCUT2D eigenvalue weighted by atomic mass is 79.9. The van der Waals surface area contributed by atoms with E-state index in [9.17, 15) is 23.4 Å². The highest BCUT2D eigenvalue weighted by molar-refractivity contribution is 9.11. The number of nitrogens with zero attached hydrogens (tertiary/aromatic N) is 2. The van der Waals surface area contributed by atoms with Gasteiger partial charge in [-0.3, -0.25) is 4.79 Å². The Morgan fingerprint density at radius 1 is 0.978 bits per heavy atom. The molecule has 9 nitrogen and oxygen atoms in total. The van der Waals surface area contributed by atoms with Gasteiger partial charge in [0, 0.05) is 30.4 Å². The van der Waals surface area contributed by atoms with E-state index in [4.69, 9.17) is 8.92 Å². The van der Waals surface area contributed by atoms with Crippen molar-refractivity contribution in [1.29, 1.82) is 0 Å². The number of carbonyl (C=O) groups excluding carboxylic acids is 1. The standard InChI is InChI=1S/C21H14Br4O5S.C11H16N2O2/c1-9-12(7-14(22)19(26)17(9)24)21(13-8-15(23)20(27)18(25)10(13)2)11-5-3-4-6-16(11)31(28,29)30-21;1-3-10-8(6-15-11(10)14)4-9-5-12-7-13(9)2/h3-8,26-27H,1-2H3;5,7-8,10H,3-4,6H2,1-2H3. The SMILES string of the molecule is CCC1C(=O)OCC1Cc1cncn1C.Cc1c(C2(c3cc(Br)c(O)c(Br)c3C)OS(=O)(=O)c3ccccc32)cc(Br)c(O)c1Br. The molecule has 1 saturated heterocycles. The summed E-state index contributed by atoms with van der Waals surface area (Å²) in [4.78, 5) is 15.5. The third kappa shape index (κ3) is 5.98. The molecular formula is C32H30Br4N2O7S. The number of imidazole rings is 1. The lowest BCUT2D eigenvalue weighted by molar-refractivity contribution is -0.141. The van der Waals surface area contributed by atoms with Gasteiger partial charge in [0.25, 0.3) is 10.1 Å². The third-order valence-corrected chi connectivity index (χ3v) is 13.1. The van der Waals surface area contributed by atoms with E-state index in [0.717, 1.165) is 18.5 Å². The minimum atomic E-state index is -4.10. The molecule has 46 heavy (non-hydrogen) atoms. The molecule has 1 fully saturated rings. The molecule has 244 valence electrons. The van der Waals surface area contributed by atoms with Crippen molar-refractivity contribution >= 4 is 79.8 Å². The maximum Gasteiger partial charge on any atom is 0.309 e. The average Bonchev–Trinajstić information content (AvgIpc) is 3.68. The second-order valence-electron chi connectivity index (χ2n) is 11.2. The Labute approximate surface area is 301 Å². The van der Waals surface area contributed by atoms with E-state index in [1.807, 2.05) is 24.7 Å². The highest BCUT2D eigenvalue weighted by Crippen LogP contribution is 2.56. The first-order valence-electron chi connectivity index (χ1n) is 14.2. The number of phenols is 2. The molecular weight excluding hydrogens is 876 g/mol. The highest BCUT2D eigenvalue weighted by Gasteiger charge is 2.53. The van der Waals surface area contributed by atoms with Gasteiger partial charge in [-0.1, -0.05) is 25.1 Å². The lowest BCUT2D eigenvalue weighted by atomic mass is 9.77. The topological polar surface area (TPSA) is 128 Å². The lowest BCUT2D eigenvalue weighted by Crippen LogP contribution is -2.32. The van der Waals surface area contributed by atoms with Crippen molar-refractivity contribution in [2.45, 2.75) is 44.1 Å². The molecule has 0 saturated carbocycles. The number of hydrogen-bond acceptors (Lipinski definition) is 8. The van der Waals surface area contributed by atoms with Crippen molar-refractivity contribution in [2.75, 3.05) is 6.61 Å². The predicted octanol–water partition coefficient (Wildman–Crippen LogP) is 7.94. The van der Waals surface area contributed by atoms with E-state index in [-0.39, 0.29) is 28.3 Å². The van der Waals surface area contributed by atoms with Crippen LogP contribution in [0.5, 0.6) is 11.5 Å². The van der Waals surface area contributed by atoms with Gasteiger partial charge in [-0.15, -0.1) is 0 Å². The van der Waals surface area contributed by atoms with Crippen LogP contribution in [0.1, 0.15) is 46.9 Å². The molecule has 0 radical (unpaired) electrons. The zero-order valence-electron chi connectivity index (χ0n) is 25.1. The fourth-order valence-electron chi connectivity index (χ4n) is 6.05.